The van der Waals surface area contributed by atoms with Crippen molar-refractivity contribution in [1.29, 1.82) is 0 Å². The predicted molar refractivity (Wildman–Crippen MR) is 86.2 cm³/mol. The molecule has 5 nitrogen and oxygen atoms in total. The van der Waals surface area contributed by atoms with Crippen molar-refractivity contribution in [2.75, 3.05) is 25.0 Å². The third kappa shape index (κ3) is 3.75. The van der Waals surface area contributed by atoms with Crippen LogP contribution < -0.4 is 14.9 Å². The average Bonchev–Trinajstić information content (AvgIpc) is 2.86. The minimum absolute atomic E-state index is 0.116. The Kier molecular flexibility index (Phi) is 5.24. The van der Waals surface area contributed by atoms with Gasteiger partial charge in [0.25, 0.3) is 0 Å². The van der Waals surface area contributed by atoms with E-state index in [-0.39, 0.29) is 6.04 Å². The quantitative estimate of drug-likeness (QED) is 0.837. The number of nitrogens with one attached hydrogen (secondary N) is 2. The first-order chi connectivity index (χ1) is 9.95. The normalized spacial score (nSPS) is 19.4. The van der Waals surface area contributed by atoms with Crippen molar-refractivity contribution in [2.45, 2.75) is 43.7 Å². The van der Waals surface area contributed by atoms with Crippen LogP contribution in [0.3, 0.4) is 0 Å². The van der Waals surface area contributed by atoms with Crippen molar-refractivity contribution < 1.29 is 8.42 Å². The SMILES string of the molecule is CNCC1CCCN1c1ccccc1S(=O)(=O)NC(C)C. The van der Waals surface area contributed by atoms with E-state index in [0.717, 1.165) is 31.6 Å². The third-order valence-corrected chi connectivity index (χ3v) is 5.38. The van der Waals surface area contributed by atoms with Gasteiger partial charge >= 0.3 is 0 Å². The summed E-state index contributed by atoms with van der Waals surface area (Å²) in [4.78, 5) is 2.59. The predicted octanol–water partition coefficient (Wildman–Crippen LogP) is 1.56. The molecule has 1 aromatic carbocycles. The maximum Gasteiger partial charge on any atom is 0.242 e. The number of benzene rings is 1. The second-order valence-electron chi connectivity index (χ2n) is 5.79. The topological polar surface area (TPSA) is 61.4 Å². The molecule has 0 bridgehead atoms. The lowest BCUT2D eigenvalue weighted by molar-refractivity contribution is 0.568. The molecule has 21 heavy (non-hydrogen) atoms. The number of nitrogens with zero attached hydrogens (tertiary/aromatic N) is 1. The van der Waals surface area contributed by atoms with Gasteiger partial charge in [-0.05, 0) is 45.9 Å². The summed E-state index contributed by atoms with van der Waals surface area (Å²) in [6, 6.07) is 7.51. The van der Waals surface area contributed by atoms with E-state index in [1.807, 2.05) is 33.0 Å². The van der Waals surface area contributed by atoms with E-state index in [0.29, 0.717) is 10.9 Å². The summed E-state index contributed by atoms with van der Waals surface area (Å²) in [5, 5.41) is 3.19. The van der Waals surface area contributed by atoms with Gasteiger partial charge in [0, 0.05) is 25.2 Å². The lowest BCUT2D eigenvalue weighted by Crippen LogP contribution is -2.38. The molecule has 1 atom stereocenters. The number of hydrogen-bond acceptors (Lipinski definition) is 4. The van der Waals surface area contributed by atoms with E-state index >= 15 is 0 Å². The van der Waals surface area contributed by atoms with Gasteiger partial charge in [-0.15, -0.1) is 0 Å². The Morgan fingerprint density at radius 2 is 2.05 bits per heavy atom. The maximum absolute atomic E-state index is 12.5. The summed E-state index contributed by atoms with van der Waals surface area (Å²) in [6.07, 6.45) is 2.19. The van der Waals surface area contributed by atoms with Crippen LogP contribution in [0.1, 0.15) is 26.7 Å². The molecule has 1 aliphatic heterocycles. The van der Waals surface area contributed by atoms with Gasteiger partial charge in [-0.25, -0.2) is 13.1 Å². The van der Waals surface area contributed by atoms with Gasteiger partial charge in [0.2, 0.25) is 10.0 Å². The van der Waals surface area contributed by atoms with Gasteiger partial charge in [0.15, 0.2) is 0 Å². The lowest BCUT2D eigenvalue weighted by atomic mass is 10.2. The number of hydrogen-bond donors (Lipinski definition) is 2. The highest BCUT2D eigenvalue weighted by Gasteiger charge is 2.29. The largest absolute Gasteiger partial charge is 0.366 e. The first-order valence-electron chi connectivity index (χ1n) is 7.48. The molecule has 0 aromatic heterocycles. The highest BCUT2D eigenvalue weighted by atomic mass is 32.2. The Morgan fingerprint density at radius 1 is 1.33 bits per heavy atom. The van der Waals surface area contributed by atoms with Gasteiger partial charge in [0.1, 0.15) is 4.90 Å². The smallest absolute Gasteiger partial charge is 0.242 e. The zero-order valence-corrected chi connectivity index (χ0v) is 13.8. The van der Waals surface area contributed by atoms with Crippen molar-refractivity contribution in [3.8, 4) is 0 Å². The van der Waals surface area contributed by atoms with E-state index in [1.54, 1.807) is 12.1 Å². The maximum atomic E-state index is 12.5. The Balaban J connectivity index is 2.37. The first kappa shape index (κ1) is 16.3. The van der Waals surface area contributed by atoms with Crippen molar-refractivity contribution in [3.63, 3.8) is 0 Å². The number of likely N-dealkylation sites (N-methyl/N-ethyl adjacent to an activating group) is 1. The fraction of sp³-hybridized carbons (Fsp3) is 0.600. The van der Waals surface area contributed by atoms with Crippen LogP contribution in [0.15, 0.2) is 29.2 Å². The molecule has 1 aromatic rings. The summed E-state index contributed by atoms with van der Waals surface area (Å²) in [7, 11) is -1.55. The monoisotopic (exact) mass is 311 g/mol. The molecule has 0 radical (unpaired) electrons. The summed E-state index contributed by atoms with van der Waals surface area (Å²) < 4.78 is 27.7. The summed E-state index contributed by atoms with van der Waals surface area (Å²) in [6.45, 7) is 5.44. The molecule has 1 saturated heterocycles. The second kappa shape index (κ2) is 6.77. The van der Waals surface area contributed by atoms with E-state index < -0.39 is 10.0 Å². The van der Waals surface area contributed by atoms with Crippen LogP contribution >= 0.6 is 0 Å². The van der Waals surface area contributed by atoms with E-state index in [2.05, 4.69) is 14.9 Å². The molecular weight excluding hydrogens is 286 g/mol. The second-order valence-corrected chi connectivity index (χ2v) is 7.47. The molecule has 1 aliphatic rings. The molecule has 2 rings (SSSR count). The highest BCUT2D eigenvalue weighted by molar-refractivity contribution is 7.89. The van der Waals surface area contributed by atoms with Crippen LogP contribution in [-0.2, 0) is 10.0 Å². The van der Waals surface area contributed by atoms with Gasteiger partial charge < -0.3 is 10.2 Å². The van der Waals surface area contributed by atoms with Crippen LogP contribution in [0.5, 0.6) is 0 Å². The fourth-order valence-corrected chi connectivity index (χ4v) is 4.36. The molecule has 1 unspecified atom stereocenters. The summed E-state index contributed by atoms with van der Waals surface area (Å²) in [5.74, 6) is 0. The van der Waals surface area contributed by atoms with E-state index in [4.69, 9.17) is 0 Å². The fourth-order valence-electron chi connectivity index (χ4n) is 2.90. The lowest BCUT2D eigenvalue weighted by Gasteiger charge is -2.28. The summed E-state index contributed by atoms with van der Waals surface area (Å²) >= 11 is 0. The number of rotatable bonds is 6. The molecule has 0 amide bonds. The van der Waals surface area contributed by atoms with E-state index in [1.165, 1.54) is 0 Å². The summed E-state index contributed by atoms with van der Waals surface area (Å²) in [5.41, 5.74) is 0.809. The Labute approximate surface area is 127 Å². The Hall–Kier alpha value is -1.11. The Morgan fingerprint density at radius 3 is 2.71 bits per heavy atom. The molecule has 2 N–H and O–H groups in total. The molecule has 118 valence electrons. The van der Waals surface area contributed by atoms with Gasteiger partial charge in [-0.3, -0.25) is 0 Å². The minimum Gasteiger partial charge on any atom is -0.366 e. The van der Waals surface area contributed by atoms with Crippen LogP contribution in [0.25, 0.3) is 0 Å². The number of para-hydroxylation sites is 1. The van der Waals surface area contributed by atoms with Crippen LogP contribution in [0.2, 0.25) is 0 Å². The molecule has 6 heteroatoms. The highest BCUT2D eigenvalue weighted by Crippen LogP contribution is 2.31. The standard InChI is InChI=1S/C15H25N3O2S/c1-12(2)17-21(19,20)15-9-5-4-8-14(15)18-10-6-7-13(18)11-16-3/h4-5,8-9,12-13,16-17H,6-7,10-11H2,1-3H3. The van der Waals surface area contributed by atoms with Crippen molar-refractivity contribution in [1.82, 2.24) is 10.0 Å². The first-order valence-corrected chi connectivity index (χ1v) is 8.96. The molecule has 1 fully saturated rings. The molecule has 0 aliphatic carbocycles. The molecular formula is C15H25N3O2S. The molecule has 0 saturated carbocycles. The van der Waals surface area contributed by atoms with E-state index in [9.17, 15) is 8.42 Å². The third-order valence-electron chi connectivity index (χ3n) is 3.67. The van der Waals surface area contributed by atoms with Crippen molar-refractivity contribution >= 4 is 15.7 Å². The van der Waals surface area contributed by atoms with Crippen molar-refractivity contribution in [3.05, 3.63) is 24.3 Å². The number of sulfonamides is 1. The molecule has 1 heterocycles. The molecule has 0 spiro atoms. The number of anilines is 1. The van der Waals surface area contributed by atoms with Gasteiger partial charge in [-0.1, -0.05) is 12.1 Å². The van der Waals surface area contributed by atoms with Gasteiger partial charge in [-0.2, -0.15) is 0 Å². The van der Waals surface area contributed by atoms with Crippen LogP contribution in [0.4, 0.5) is 5.69 Å². The zero-order chi connectivity index (χ0) is 15.5. The van der Waals surface area contributed by atoms with Gasteiger partial charge in [0.05, 0.1) is 5.69 Å². The van der Waals surface area contributed by atoms with Crippen LogP contribution in [0, 0.1) is 0 Å². The average molecular weight is 311 g/mol. The van der Waals surface area contributed by atoms with Crippen LogP contribution in [-0.4, -0.2) is 40.6 Å². The van der Waals surface area contributed by atoms with Crippen molar-refractivity contribution in [2.24, 2.45) is 0 Å². The Bertz CT molecular complexity index is 572. The zero-order valence-electron chi connectivity index (χ0n) is 13.0. The minimum atomic E-state index is -3.48.